The van der Waals surface area contributed by atoms with Gasteiger partial charge in [-0.05, 0) is 37.8 Å². The van der Waals surface area contributed by atoms with E-state index in [1.807, 2.05) is 25.3 Å². The average molecular weight is 292 g/mol. The highest BCUT2D eigenvalue weighted by atomic mass is 32.1. The van der Waals surface area contributed by atoms with Crippen LogP contribution in [0.15, 0.2) is 22.7 Å². The first-order chi connectivity index (χ1) is 9.72. The minimum atomic E-state index is -0.120. The van der Waals surface area contributed by atoms with Crippen LogP contribution in [0.3, 0.4) is 0 Å². The summed E-state index contributed by atoms with van der Waals surface area (Å²) in [5.41, 5.74) is 0. The van der Waals surface area contributed by atoms with Gasteiger partial charge in [0.2, 0.25) is 0 Å². The molecule has 0 spiro atoms. The van der Waals surface area contributed by atoms with Crippen LogP contribution in [0.4, 0.5) is 0 Å². The predicted molar refractivity (Wildman–Crippen MR) is 79.6 cm³/mol. The number of aliphatic hydroxyl groups excluding tert-OH is 1. The number of aliphatic hydroxyl groups is 1. The molecule has 0 radical (unpaired) electrons. The molecule has 0 aromatic carbocycles. The van der Waals surface area contributed by atoms with Crippen LogP contribution in [0.2, 0.25) is 0 Å². The molecule has 2 N–H and O–H groups in total. The summed E-state index contributed by atoms with van der Waals surface area (Å²) in [6.07, 6.45) is 5.01. The molecule has 0 saturated heterocycles. The summed E-state index contributed by atoms with van der Waals surface area (Å²) < 4.78 is 5.58. The SMILES string of the molecule is Cc1ccc(-c2ncc(CNCC3CCCC3O)s2)o1. The van der Waals surface area contributed by atoms with Gasteiger partial charge in [0.25, 0.3) is 0 Å². The molecule has 1 fully saturated rings. The number of rotatable bonds is 5. The zero-order valence-electron chi connectivity index (χ0n) is 11.6. The van der Waals surface area contributed by atoms with Gasteiger partial charge in [-0.3, -0.25) is 0 Å². The van der Waals surface area contributed by atoms with Gasteiger partial charge in [-0.15, -0.1) is 11.3 Å². The second kappa shape index (κ2) is 6.08. The Morgan fingerprint density at radius 2 is 2.35 bits per heavy atom. The monoisotopic (exact) mass is 292 g/mol. The molecule has 5 heteroatoms. The number of hydrogen-bond acceptors (Lipinski definition) is 5. The lowest BCUT2D eigenvalue weighted by Crippen LogP contribution is -2.27. The van der Waals surface area contributed by atoms with Crippen molar-refractivity contribution in [3.05, 3.63) is 29.0 Å². The topological polar surface area (TPSA) is 58.3 Å². The Morgan fingerprint density at radius 3 is 3.05 bits per heavy atom. The van der Waals surface area contributed by atoms with Crippen LogP contribution >= 0.6 is 11.3 Å². The van der Waals surface area contributed by atoms with Crippen molar-refractivity contribution in [3.63, 3.8) is 0 Å². The molecule has 0 aliphatic heterocycles. The van der Waals surface area contributed by atoms with E-state index in [0.29, 0.717) is 5.92 Å². The van der Waals surface area contributed by atoms with Gasteiger partial charge in [-0.1, -0.05) is 6.42 Å². The summed E-state index contributed by atoms with van der Waals surface area (Å²) in [6, 6.07) is 3.91. The van der Waals surface area contributed by atoms with E-state index in [9.17, 15) is 5.11 Å². The lowest BCUT2D eigenvalue weighted by atomic mass is 10.1. The van der Waals surface area contributed by atoms with E-state index in [1.165, 1.54) is 4.88 Å². The molecule has 108 valence electrons. The lowest BCUT2D eigenvalue weighted by Gasteiger charge is -2.14. The minimum Gasteiger partial charge on any atom is -0.459 e. The lowest BCUT2D eigenvalue weighted by molar-refractivity contribution is 0.131. The highest BCUT2D eigenvalue weighted by Crippen LogP contribution is 2.27. The summed E-state index contributed by atoms with van der Waals surface area (Å²) in [6.45, 7) is 3.63. The van der Waals surface area contributed by atoms with E-state index in [0.717, 1.165) is 48.9 Å². The predicted octanol–water partition coefficient (Wildman–Crippen LogP) is 2.96. The minimum absolute atomic E-state index is 0.120. The molecule has 20 heavy (non-hydrogen) atoms. The van der Waals surface area contributed by atoms with Gasteiger partial charge < -0.3 is 14.8 Å². The first-order valence-corrected chi connectivity index (χ1v) is 7.94. The summed E-state index contributed by atoms with van der Waals surface area (Å²) in [7, 11) is 0. The number of nitrogens with one attached hydrogen (secondary N) is 1. The van der Waals surface area contributed by atoms with Crippen molar-refractivity contribution in [1.82, 2.24) is 10.3 Å². The van der Waals surface area contributed by atoms with E-state index in [2.05, 4.69) is 10.3 Å². The summed E-state index contributed by atoms with van der Waals surface area (Å²) >= 11 is 1.65. The van der Waals surface area contributed by atoms with E-state index in [4.69, 9.17) is 4.42 Å². The normalized spacial score (nSPS) is 22.5. The van der Waals surface area contributed by atoms with Gasteiger partial charge in [0, 0.05) is 24.2 Å². The highest BCUT2D eigenvalue weighted by molar-refractivity contribution is 7.14. The molecular weight excluding hydrogens is 272 g/mol. The average Bonchev–Trinajstić information content (AvgIpc) is 3.12. The Hall–Kier alpha value is -1.17. The van der Waals surface area contributed by atoms with E-state index in [-0.39, 0.29) is 6.10 Å². The number of aromatic nitrogens is 1. The number of thiazole rings is 1. The van der Waals surface area contributed by atoms with Crippen molar-refractivity contribution >= 4 is 11.3 Å². The van der Waals surface area contributed by atoms with Gasteiger partial charge in [0.1, 0.15) is 5.76 Å². The molecule has 3 rings (SSSR count). The molecule has 4 nitrogen and oxygen atoms in total. The fourth-order valence-corrected chi connectivity index (χ4v) is 3.53. The molecule has 1 aliphatic carbocycles. The zero-order valence-corrected chi connectivity index (χ0v) is 12.4. The summed E-state index contributed by atoms with van der Waals surface area (Å²) in [4.78, 5) is 5.60. The van der Waals surface area contributed by atoms with Gasteiger partial charge in [-0.2, -0.15) is 0 Å². The maximum Gasteiger partial charge on any atom is 0.162 e. The number of hydrogen-bond donors (Lipinski definition) is 2. The molecular formula is C15H20N2O2S. The van der Waals surface area contributed by atoms with Crippen LogP contribution in [0, 0.1) is 12.8 Å². The molecule has 2 aromatic heterocycles. The Bertz CT molecular complexity index is 564. The maximum atomic E-state index is 9.78. The fourth-order valence-electron chi connectivity index (χ4n) is 2.69. The fraction of sp³-hybridized carbons (Fsp3) is 0.533. The Labute approximate surface area is 122 Å². The number of furan rings is 1. The van der Waals surface area contributed by atoms with Crippen LogP contribution in [-0.2, 0) is 6.54 Å². The second-order valence-electron chi connectivity index (χ2n) is 5.43. The van der Waals surface area contributed by atoms with Crippen LogP contribution in [0.5, 0.6) is 0 Å². The molecule has 1 saturated carbocycles. The van der Waals surface area contributed by atoms with Gasteiger partial charge in [0.15, 0.2) is 10.8 Å². The van der Waals surface area contributed by atoms with Crippen molar-refractivity contribution in [2.24, 2.45) is 5.92 Å². The summed E-state index contributed by atoms with van der Waals surface area (Å²) in [5.74, 6) is 2.16. The molecule has 2 heterocycles. The Morgan fingerprint density at radius 1 is 1.45 bits per heavy atom. The van der Waals surface area contributed by atoms with Crippen LogP contribution in [0.25, 0.3) is 10.8 Å². The van der Waals surface area contributed by atoms with Gasteiger partial charge in [0.05, 0.1) is 6.10 Å². The third-order valence-corrected chi connectivity index (χ3v) is 4.84. The Kier molecular flexibility index (Phi) is 4.19. The van der Waals surface area contributed by atoms with Crippen molar-refractivity contribution < 1.29 is 9.52 Å². The maximum absolute atomic E-state index is 9.78. The quantitative estimate of drug-likeness (QED) is 0.889. The van der Waals surface area contributed by atoms with E-state index >= 15 is 0 Å². The third kappa shape index (κ3) is 3.11. The van der Waals surface area contributed by atoms with Crippen LogP contribution < -0.4 is 5.32 Å². The van der Waals surface area contributed by atoms with E-state index < -0.39 is 0 Å². The van der Waals surface area contributed by atoms with Crippen molar-refractivity contribution in [2.75, 3.05) is 6.54 Å². The zero-order chi connectivity index (χ0) is 13.9. The molecule has 2 aromatic rings. The summed E-state index contributed by atoms with van der Waals surface area (Å²) in [5, 5.41) is 14.1. The van der Waals surface area contributed by atoms with E-state index in [1.54, 1.807) is 11.3 Å². The second-order valence-corrected chi connectivity index (χ2v) is 6.55. The van der Waals surface area contributed by atoms with Crippen molar-refractivity contribution in [3.8, 4) is 10.8 Å². The molecule has 1 aliphatic rings. The molecule has 0 bridgehead atoms. The smallest absolute Gasteiger partial charge is 0.162 e. The van der Waals surface area contributed by atoms with Crippen LogP contribution in [-0.4, -0.2) is 22.7 Å². The first-order valence-electron chi connectivity index (χ1n) is 7.12. The van der Waals surface area contributed by atoms with Gasteiger partial charge >= 0.3 is 0 Å². The number of aryl methyl sites for hydroxylation is 1. The van der Waals surface area contributed by atoms with Crippen molar-refractivity contribution in [2.45, 2.75) is 38.8 Å². The molecule has 0 amide bonds. The first kappa shape index (κ1) is 13.8. The standard InChI is InChI=1S/C15H20N2O2S/c1-10-5-6-14(19-10)15-17-9-12(20-15)8-16-7-11-3-2-4-13(11)18/h5-6,9,11,13,16,18H,2-4,7-8H2,1H3. The van der Waals surface area contributed by atoms with Gasteiger partial charge in [-0.25, -0.2) is 4.98 Å². The molecule has 2 atom stereocenters. The largest absolute Gasteiger partial charge is 0.459 e. The Balaban J connectivity index is 1.52. The third-order valence-electron chi connectivity index (χ3n) is 3.83. The van der Waals surface area contributed by atoms with Crippen molar-refractivity contribution in [1.29, 1.82) is 0 Å². The number of nitrogens with zero attached hydrogens (tertiary/aromatic N) is 1. The highest BCUT2D eigenvalue weighted by Gasteiger charge is 2.24. The molecule has 2 unspecified atom stereocenters. The van der Waals surface area contributed by atoms with Crippen LogP contribution in [0.1, 0.15) is 29.9 Å².